The molecule has 0 radical (unpaired) electrons. The maximum Gasteiger partial charge on any atom is 0.305 e. The van der Waals surface area contributed by atoms with Crippen LogP contribution in [0.2, 0.25) is 0 Å². The van der Waals surface area contributed by atoms with Crippen LogP contribution in [0.25, 0.3) is 0 Å². The Balaban J connectivity index is 1.81. The number of aliphatic hydroxyl groups is 2. The minimum absolute atomic E-state index is 0.0355. The summed E-state index contributed by atoms with van der Waals surface area (Å²) in [6, 6.07) is 0. The van der Waals surface area contributed by atoms with Gasteiger partial charge in [0.15, 0.2) is 0 Å². The fraction of sp³-hybridized carbons (Fsp3) is 0.783. The lowest BCUT2D eigenvalue weighted by Crippen LogP contribution is -2.40. The number of carbonyl (C=O) groups is 1. The number of methoxy groups -OCH3 is 1. The molecule has 2 N–H and O–H groups in total. The van der Waals surface area contributed by atoms with Gasteiger partial charge in [0.2, 0.25) is 0 Å². The molecule has 0 spiro atoms. The Morgan fingerprint density at radius 2 is 2.07 bits per heavy atom. The van der Waals surface area contributed by atoms with E-state index in [2.05, 4.69) is 36.0 Å². The smallest absolute Gasteiger partial charge is 0.305 e. The Morgan fingerprint density at radius 3 is 2.68 bits per heavy atom. The van der Waals surface area contributed by atoms with Crippen molar-refractivity contribution in [2.45, 2.75) is 88.7 Å². The van der Waals surface area contributed by atoms with E-state index in [1.807, 2.05) is 0 Å². The summed E-state index contributed by atoms with van der Waals surface area (Å²) in [4.78, 5) is 11.1. The zero-order valence-corrected chi connectivity index (χ0v) is 18.1. The molecule has 5 heteroatoms. The van der Waals surface area contributed by atoms with Crippen LogP contribution in [0.1, 0.15) is 71.1 Å². The van der Waals surface area contributed by atoms with E-state index in [1.165, 1.54) is 13.5 Å². The Kier molecular flexibility index (Phi) is 9.52. The minimum Gasteiger partial charge on any atom is -0.469 e. The maximum atomic E-state index is 11.1. The summed E-state index contributed by atoms with van der Waals surface area (Å²) in [6.07, 6.45) is 16.3. The summed E-state index contributed by atoms with van der Waals surface area (Å²) >= 11 is 6.50. The molecule has 2 aliphatic rings. The Bertz CT molecular complexity index is 535. The van der Waals surface area contributed by atoms with Crippen molar-refractivity contribution in [1.29, 1.82) is 0 Å². The van der Waals surface area contributed by atoms with Gasteiger partial charge < -0.3 is 14.9 Å². The fourth-order valence-electron chi connectivity index (χ4n) is 4.67. The van der Waals surface area contributed by atoms with Gasteiger partial charge in [0.1, 0.15) is 0 Å². The number of hydrogen-bond acceptors (Lipinski definition) is 4. The highest BCUT2D eigenvalue weighted by Gasteiger charge is 2.42. The summed E-state index contributed by atoms with van der Waals surface area (Å²) in [5.74, 6) is 0.0615. The van der Waals surface area contributed by atoms with E-state index in [4.69, 9.17) is 11.6 Å². The number of halogens is 1. The summed E-state index contributed by atoms with van der Waals surface area (Å²) in [7, 11) is 1.41. The first-order valence-corrected chi connectivity index (χ1v) is 11.3. The topological polar surface area (TPSA) is 66.8 Å². The molecule has 0 aromatic rings. The molecule has 2 rings (SSSR count). The Hall–Kier alpha value is -0.840. The first kappa shape index (κ1) is 23.4. The standard InChI is InChI=1S/C23H37ClO4/c1-3-23(14-9-15-23)21(26)12-8-11-18-17(19(24)16-20(18)25)10-6-4-5-7-13-22(27)28-2/h4,6,8,11,17-21,25-26H,3,5,7,9-10,12-16H2,1-2H3/t17-,18-,19?,20?,21?/m1/s1. The highest BCUT2D eigenvalue weighted by Crippen LogP contribution is 2.48. The van der Waals surface area contributed by atoms with Gasteiger partial charge in [0, 0.05) is 17.7 Å². The van der Waals surface area contributed by atoms with E-state index >= 15 is 0 Å². The molecular formula is C23H37ClO4. The summed E-state index contributed by atoms with van der Waals surface area (Å²) in [5.41, 5.74) is 0.111. The second-order valence-electron chi connectivity index (χ2n) is 8.48. The molecule has 0 bridgehead atoms. The molecule has 5 atom stereocenters. The number of hydrogen-bond donors (Lipinski definition) is 2. The Morgan fingerprint density at radius 1 is 1.32 bits per heavy atom. The summed E-state index contributed by atoms with van der Waals surface area (Å²) < 4.78 is 4.64. The van der Waals surface area contributed by atoms with Crippen LogP contribution in [-0.2, 0) is 9.53 Å². The van der Waals surface area contributed by atoms with Gasteiger partial charge in [0.05, 0.1) is 19.3 Å². The molecule has 4 nitrogen and oxygen atoms in total. The van der Waals surface area contributed by atoms with Crippen molar-refractivity contribution in [2.24, 2.45) is 17.3 Å². The van der Waals surface area contributed by atoms with Crippen LogP contribution < -0.4 is 0 Å². The van der Waals surface area contributed by atoms with Gasteiger partial charge in [-0.1, -0.05) is 37.6 Å². The molecule has 2 fully saturated rings. The molecule has 0 aromatic carbocycles. The van der Waals surface area contributed by atoms with Crippen molar-refractivity contribution in [2.75, 3.05) is 7.11 Å². The number of ether oxygens (including phenoxy) is 1. The third-order valence-corrected chi connectivity index (χ3v) is 7.40. The van der Waals surface area contributed by atoms with Crippen LogP contribution in [0.15, 0.2) is 24.3 Å². The number of allylic oxidation sites excluding steroid dienone is 2. The molecule has 2 saturated carbocycles. The van der Waals surface area contributed by atoms with Crippen LogP contribution in [-0.4, -0.2) is 40.9 Å². The second-order valence-corrected chi connectivity index (χ2v) is 9.05. The van der Waals surface area contributed by atoms with Crippen molar-refractivity contribution in [3.63, 3.8) is 0 Å². The first-order valence-electron chi connectivity index (χ1n) is 10.8. The molecule has 2 aliphatic carbocycles. The monoisotopic (exact) mass is 412 g/mol. The van der Waals surface area contributed by atoms with Crippen molar-refractivity contribution in [3.8, 4) is 0 Å². The van der Waals surface area contributed by atoms with E-state index in [-0.39, 0.29) is 34.7 Å². The molecule has 0 amide bonds. The predicted octanol–water partition coefficient (Wildman–Crippen LogP) is 4.77. The maximum absolute atomic E-state index is 11.1. The molecule has 0 aliphatic heterocycles. The van der Waals surface area contributed by atoms with E-state index in [1.54, 1.807) is 0 Å². The lowest BCUT2D eigenvalue weighted by Gasteiger charge is -2.45. The van der Waals surface area contributed by atoms with Crippen molar-refractivity contribution >= 4 is 17.6 Å². The van der Waals surface area contributed by atoms with Gasteiger partial charge in [-0.3, -0.25) is 4.79 Å². The summed E-state index contributed by atoms with van der Waals surface area (Å²) in [5, 5.41) is 20.9. The normalized spacial score (nSPS) is 30.6. The van der Waals surface area contributed by atoms with Crippen LogP contribution in [0.4, 0.5) is 0 Å². The predicted molar refractivity (Wildman–Crippen MR) is 113 cm³/mol. The highest BCUT2D eigenvalue weighted by atomic mass is 35.5. The number of unbranched alkanes of at least 4 members (excludes halogenated alkanes) is 1. The molecule has 0 heterocycles. The fourth-order valence-corrected chi connectivity index (χ4v) is 5.12. The van der Waals surface area contributed by atoms with Crippen LogP contribution >= 0.6 is 11.6 Å². The average molecular weight is 413 g/mol. The minimum atomic E-state index is -0.419. The molecule has 28 heavy (non-hydrogen) atoms. The molecule has 0 saturated heterocycles. The first-order chi connectivity index (χ1) is 13.4. The van der Waals surface area contributed by atoms with Gasteiger partial charge in [0.25, 0.3) is 0 Å². The Labute approximate surface area is 175 Å². The van der Waals surface area contributed by atoms with Crippen LogP contribution in [0, 0.1) is 17.3 Å². The van der Waals surface area contributed by atoms with Gasteiger partial charge in [-0.2, -0.15) is 0 Å². The largest absolute Gasteiger partial charge is 0.469 e. The zero-order chi connectivity index (χ0) is 20.6. The van der Waals surface area contributed by atoms with Crippen LogP contribution in [0.5, 0.6) is 0 Å². The van der Waals surface area contributed by atoms with Gasteiger partial charge in [-0.25, -0.2) is 0 Å². The molecule has 160 valence electrons. The second kappa shape index (κ2) is 11.4. The number of esters is 1. The number of rotatable bonds is 11. The van der Waals surface area contributed by atoms with E-state index in [0.717, 1.165) is 38.5 Å². The summed E-state index contributed by atoms with van der Waals surface area (Å²) in [6.45, 7) is 2.17. The highest BCUT2D eigenvalue weighted by molar-refractivity contribution is 6.21. The number of carbonyl (C=O) groups excluding carboxylic acids is 1. The van der Waals surface area contributed by atoms with Crippen LogP contribution in [0.3, 0.4) is 0 Å². The van der Waals surface area contributed by atoms with Gasteiger partial charge in [-0.15, -0.1) is 11.6 Å². The van der Waals surface area contributed by atoms with E-state index in [9.17, 15) is 15.0 Å². The van der Waals surface area contributed by atoms with Gasteiger partial charge >= 0.3 is 5.97 Å². The third kappa shape index (κ3) is 6.08. The number of aliphatic hydroxyl groups excluding tert-OH is 2. The number of alkyl halides is 1. The molecule has 3 unspecified atom stereocenters. The lowest BCUT2D eigenvalue weighted by atomic mass is 9.63. The van der Waals surface area contributed by atoms with E-state index in [0.29, 0.717) is 19.3 Å². The van der Waals surface area contributed by atoms with Crippen molar-refractivity contribution in [1.82, 2.24) is 0 Å². The van der Waals surface area contributed by atoms with Crippen molar-refractivity contribution < 1.29 is 19.7 Å². The molecule has 0 aromatic heterocycles. The lowest BCUT2D eigenvalue weighted by molar-refractivity contribution is -0.140. The third-order valence-electron chi connectivity index (χ3n) is 6.90. The zero-order valence-electron chi connectivity index (χ0n) is 17.4. The average Bonchev–Trinajstić information content (AvgIpc) is 2.90. The van der Waals surface area contributed by atoms with E-state index < -0.39 is 6.10 Å². The van der Waals surface area contributed by atoms with Gasteiger partial charge in [-0.05, 0) is 62.7 Å². The molecular weight excluding hydrogens is 376 g/mol. The quantitative estimate of drug-likeness (QED) is 0.222. The SMILES string of the molecule is CCC1(C(O)CC=C[C@H]2C(O)CC(Cl)[C@@H]2CC=CCCCC(=O)OC)CCC1. The van der Waals surface area contributed by atoms with Crippen molar-refractivity contribution in [3.05, 3.63) is 24.3 Å².